The molecule has 1 rings (SSSR count). The summed E-state index contributed by atoms with van der Waals surface area (Å²) in [4.78, 5) is 122. The van der Waals surface area contributed by atoms with Crippen LogP contribution in [-0.2, 0) is 107 Å². The lowest BCUT2D eigenvalue weighted by atomic mass is 10.2. The van der Waals surface area contributed by atoms with E-state index in [1.54, 1.807) is 26.0 Å². The van der Waals surface area contributed by atoms with Crippen LogP contribution in [0.1, 0.15) is 64.9 Å². The Hall–Kier alpha value is -2.10. The fraction of sp³-hybridized carbons (Fsp3) is 0.683. The average Bonchev–Trinajstić information content (AvgIpc) is 3.29. The van der Waals surface area contributed by atoms with Crippen molar-refractivity contribution < 1.29 is 105 Å². The van der Waals surface area contributed by atoms with Crippen LogP contribution in [0.5, 0.6) is 0 Å². The van der Waals surface area contributed by atoms with Gasteiger partial charge >= 0.3 is 50.6 Å². The fourth-order valence-electron chi connectivity index (χ4n) is 4.69. The van der Waals surface area contributed by atoms with Gasteiger partial charge < -0.3 is 77.8 Å². The largest absolute Gasteiger partial charge is 0.481 e. The van der Waals surface area contributed by atoms with Crippen LogP contribution in [0.25, 0.3) is 0 Å². The molecule has 1 aromatic rings. The van der Waals surface area contributed by atoms with Crippen LogP contribution < -0.4 is 11.1 Å². The molecule has 0 saturated carbocycles. The van der Waals surface area contributed by atoms with Gasteiger partial charge in [0.2, 0.25) is 0 Å². The number of benzene rings is 1. The Morgan fingerprint density at radius 1 is 0.680 bits per heavy atom. The van der Waals surface area contributed by atoms with Gasteiger partial charge in [0.05, 0.1) is 65.1 Å². The lowest BCUT2D eigenvalue weighted by Gasteiger charge is -2.30. The number of amides is 1. The average molecular weight is 1260 g/mol. The minimum atomic E-state index is -3.21. The molecule has 0 bridgehead atoms. The molecule has 436 valence electrons. The molecule has 4 atom stereocenters. The molecule has 0 radical (unpaired) electrons. The molecule has 0 heterocycles. The zero-order valence-corrected chi connectivity index (χ0v) is 53.1. The highest BCUT2D eigenvalue weighted by Gasteiger charge is 2.29. The second-order valence-corrected chi connectivity index (χ2v) is 41.1. The first-order chi connectivity index (χ1) is 34.4. The van der Waals surface area contributed by atoms with Crippen LogP contribution in [-0.4, -0.2) is 169 Å². The Kier molecular flexibility index (Phi) is 46.3. The zero-order chi connectivity index (χ0) is 59.1. The smallest absolute Gasteiger partial charge is 0.408 e. The van der Waals surface area contributed by atoms with Gasteiger partial charge in [-0.2, -0.15) is 0 Å². The van der Waals surface area contributed by atoms with Gasteiger partial charge in [0.15, 0.2) is 23.1 Å². The second kappa shape index (κ2) is 43.7. The topological polar surface area (TPSA) is 381 Å². The van der Waals surface area contributed by atoms with Crippen molar-refractivity contribution in [2.24, 2.45) is 5.73 Å². The molecule has 1 aromatic carbocycles. The lowest BCUT2D eigenvalue weighted by molar-refractivity contribution is -0.143. The van der Waals surface area contributed by atoms with Gasteiger partial charge in [-0.05, 0) is 90.3 Å². The third-order valence-electron chi connectivity index (χ3n) is 7.98. The SMILES string of the molecule is CCOC(=O)CCP(O)(=S)CC[C@H](NC(=O)OCc1ccccc1)C(=O)OC.CCOC(=O)CCP(O)(O)=S.CCOC(=O)CCP(O[Si](C)(C)C)O[Si](C)(C)C.N[C@@H](CCP(O)(=S)CCC(=O)O)C(=O)O.O=PO. The molecule has 0 spiro atoms. The van der Waals surface area contributed by atoms with Crippen molar-refractivity contribution in [1.29, 1.82) is 0 Å². The molecule has 0 saturated heterocycles. The van der Waals surface area contributed by atoms with Gasteiger partial charge in [-0.15, -0.1) is 0 Å². The van der Waals surface area contributed by atoms with E-state index in [9.17, 15) is 43.3 Å². The number of esters is 4. The minimum absolute atomic E-state index is 0.0110. The number of nitrogens with two attached hydrogens (primary N) is 1. The minimum Gasteiger partial charge on any atom is -0.481 e. The molecule has 0 aliphatic carbocycles. The van der Waals surface area contributed by atoms with E-state index >= 15 is 0 Å². The molecular formula is C41H79N2O22P5S3Si2. The lowest BCUT2D eigenvalue weighted by Crippen LogP contribution is -2.42. The molecule has 1 amide bonds. The first-order valence-corrected chi connectivity index (χ1v) is 41.0. The van der Waals surface area contributed by atoms with Crippen LogP contribution in [0.3, 0.4) is 0 Å². The number of carboxylic acids is 2. The molecule has 0 aliphatic rings. The Balaban J connectivity index is -0.000000466. The number of carbonyl (C=O) groups is 7. The highest BCUT2D eigenvalue weighted by molar-refractivity contribution is 8.12. The molecule has 75 heavy (non-hydrogen) atoms. The van der Waals surface area contributed by atoms with E-state index in [2.05, 4.69) is 65.9 Å². The van der Waals surface area contributed by atoms with E-state index < -0.39 is 101 Å². The summed E-state index contributed by atoms with van der Waals surface area (Å²) in [5.41, 5.74) is 6.03. The van der Waals surface area contributed by atoms with Gasteiger partial charge in [0.1, 0.15) is 27.1 Å². The number of carboxylic acid groups (broad SMARTS) is 2. The van der Waals surface area contributed by atoms with Gasteiger partial charge in [0, 0.05) is 37.0 Å². The van der Waals surface area contributed by atoms with Gasteiger partial charge in [-0.3, -0.25) is 24.0 Å². The molecule has 34 heteroatoms. The summed E-state index contributed by atoms with van der Waals surface area (Å²) < 4.78 is 44.6. The maximum Gasteiger partial charge on any atom is 0.408 e. The van der Waals surface area contributed by atoms with E-state index in [4.69, 9.17) is 81.4 Å². The fourth-order valence-corrected chi connectivity index (χ4v) is 16.0. The first-order valence-electron chi connectivity index (χ1n) is 22.9. The molecule has 24 nitrogen and oxygen atoms in total. The van der Waals surface area contributed by atoms with Crippen LogP contribution in [0.15, 0.2) is 30.3 Å². The Labute approximate surface area is 460 Å². The highest BCUT2D eigenvalue weighted by atomic mass is 32.5. The molecule has 2 unspecified atom stereocenters. The quantitative estimate of drug-likeness (QED) is 0.0179. The number of aliphatic carboxylic acids is 2. The van der Waals surface area contributed by atoms with Crippen molar-refractivity contribution in [3.8, 4) is 0 Å². The number of alkyl carbamates (subject to hydrolysis) is 1. The van der Waals surface area contributed by atoms with Crippen LogP contribution in [0.4, 0.5) is 4.79 Å². The second-order valence-electron chi connectivity index (χ2n) is 17.1. The third kappa shape index (κ3) is 56.4. The Morgan fingerprint density at radius 3 is 1.48 bits per heavy atom. The number of hydrogen-bond acceptors (Lipinski definition) is 19. The highest BCUT2D eigenvalue weighted by Crippen LogP contribution is 2.45. The number of rotatable bonds is 30. The summed E-state index contributed by atoms with van der Waals surface area (Å²) in [5, 5.41) is 19.3. The summed E-state index contributed by atoms with van der Waals surface area (Å²) in [6, 6.07) is 7.02. The number of hydrogen-bond donors (Lipinski definition) is 9. The Morgan fingerprint density at radius 2 is 1.09 bits per heavy atom. The van der Waals surface area contributed by atoms with Crippen LogP contribution in [0.2, 0.25) is 39.3 Å². The molecule has 0 aromatic heterocycles. The Bertz CT molecular complexity index is 1990. The van der Waals surface area contributed by atoms with Gasteiger partial charge in [0.25, 0.3) is 0 Å². The standard InChI is InChI=1S/C18H26NO7PS.C11H27O4PSi2.C7H14NO5PS.C5H11O4PS.HO2P/c1-3-25-16(20)10-12-27(23,28)11-9-15(17(21)24-2)19-18(22)26-13-14-7-5-4-6-8-14;1-8-13-11(12)9-10-16(14-17(2,3)4)15-18(5,6)7;8-5(7(11)12)1-3-14(13,15)4-2-6(9)10;1-2-9-5(6)3-4-10(7,8)11;1-3-2/h4-8,15H,3,9-13H2,1-2H3,(H,19,22)(H,23,28);8-10H2,1-7H3;5H,1-4,8H2,(H,9,10)(H,11,12)(H,13,15);2-4H2,1H3,(H2,7,8,11);(H,1,2)/t15-,27?;;5-,14?;;/m0.0../s1. The van der Waals surface area contributed by atoms with Crippen LogP contribution in [0, 0.1) is 0 Å². The zero-order valence-electron chi connectivity index (χ0n) is 44.1. The monoisotopic (exact) mass is 1260 g/mol. The van der Waals surface area contributed by atoms with Crippen molar-refractivity contribution in [1.82, 2.24) is 5.32 Å². The number of carbonyl (C=O) groups excluding carboxylic acids is 5. The normalized spacial score (nSPS) is 13.5. The van der Waals surface area contributed by atoms with Gasteiger partial charge in [-0.25, -0.2) is 14.2 Å². The van der Waals surface area contributed by atoms with E-state index in [-0.39, 0.29) is 82.1 Å². The van der Waals surface area contributed by atoms with E-state index in [1.165, 1.54) is 7.11 Å². The molecular weight excluding hydrogens is 1180 g/mol. The number of methoxy groups -OCH3 is 1. The van der Waals surface area contributed by atoms with Crippen molar-refractivity contribution >= 4 is 130 Å². The molecule has 0 aliphatic heterocycles. The van der Waals surface area contributed by atoms with Crippen LogP contribution >= 0.6 is 36.1 Å². The van der Waals surface area contributed by atoms with E-state index in [1.807, 2.05) is 25.1 Å². The maximum absolute atomic E-state index is 12.0. The maximum atomic E-state index is 12.0. The predicted molar refractivity (Wildman–Crippen MR) is 303 cm³/mol. The molecule has 10 N–H and O–H groups in total. The van der Waals surface area contributed by atoms with E-state index in [0.29, 0.717) is 25.8 Å². The predicted octanol–water partition coefficient (Wildman–Crippen LogP) is 6.21. The first kappa shape index (κ1) is 79.4. The summed E-state index contributed by atoms with van der Waals surface area (Å²) in [7, 11) is -3.87. The van der Waals surface area contributed by atoms with Crippen molar-refractivity contribution in [2.45, 2.75) is 117 Å². The number of nitrogens with one attached hydrogen (secondary N) is 1. The van der Waals surface area contributed by atoms with Gasteiger partial charge in [-0.1, -0.05) is 53.9 Å². The van der Waals surface area contributed by atoms with E-state index in [0.717, 1.165) is 5.56 Å². The van der Waals surface area contributed by atoms with Crippen molar-refractivity contribution in [2.75, 3.05) is 63.9 Å². The van der Waals surface area contributed by atoms with Crippen molar-refractivity contribution in [3.05, 3.63) is 35.9 Å². The summed E-state index contributed by atoms with van der Waals surface area (Å²) >= 11 is 14.3. The molecule has 0 fully saturated rings. The van der Waals surface area contributed by atoms with Crippen molar-refractivity contribution in [3.63, 3.8) is 0 Å². The summed E-state index contributed by atoms with van der Waals surface area (Å²) in [5.74, 6) is -3.88. The number of ether oxygens (including phenoxy) is 5. The third-order valence-corrected chi connectivity index (χ3v) is 21.9. The summed E-state index contributed by atoms with van der Waals surface area (Å²) in [6.07, 6.45) is -5.14. The summed E-state index contributed by atoms with van der Waals surface area (Å²) in [6.45, 7) is 15.9.